The van der Waals surface area contributed by atoms with Crippen LogP contribution in [0.4, 0.5) is 0 Å². The topological polar surface area (TPSA) is 83.6 Å². The maximum Gasteiger partial charge on any atom is 0.251 e. The van der Waals surface area contributed by atoms with Gasteiger partial charge in [0.15, 0.2) is 5.82 Å². The molecular formula is C16H15N5O. The van der Waals surface area contributed by atoms with Crippen LogP contribution >= 0.6 is 0 Å². The number of carbonyl (C=O) groups excluding carboxylic acids is 1. The summed E-state index contributed by atoms with van der Waals surface area (Å²) < 4.78 is 0. The predicted octanol–water partition coefficient (Wildman–Crippen LogP) is 2.11. The van der Waals surface area contributed by atoms with E-state index in [1.54, 1.807) is 0 Å². The second-order valence-electron chi connectivity index (χ2n) is 4.91. The molecule has 3 rings (SSSR count). The van der Waals surface area contributed by atoms with Gasteiger partial charge in [0.05, 0.1) is 6.54 Å². The molecule has 0 unspecified atom stereocenters. The van der Waals surface area contributed by atoms with E-state index in [0.29, 0.717) is 11.4 Å². The van der Waals surface area contributed by atoms with E-state index < -0.39 is 0 Å². The number of nitrogens with one attached hydrogen (secondary N) is 2. The number of benzene rings is 2. The van der Waals surface area contributed by atoms with E-state index >= 15 is 0 Å². The van der Waals surface area contributed by atoms with E-state index in [0.717, 1.165) is 16.7 Å². The number of rotatable bonds is 4. The zero-order valence-electron chi connectivity index (χ0n) is 12.1. The Hall–Kier alpha value is -3.02. The summed E-state index contributed by atoms with van der Waals surface area (Å²) in [5.41, 5.74) is 3.78. The molecule has 3 aromatic rings. The first kappa shape index (κ1) is 13.9. The zero-order chi connectivity index (χ0) is 15.4. The lowest BCUT2D eigenvalue weighted by molar-refractivity contribution is 0.0949. The van der Waals surface area contributed by atoms with Crippen LogP contribution in [-0.4, -0.2) is 26.5 Å². The molecule has 22 heavy (non-hydrogen) atoms. The summed E-state index contributed by atoms with van der Waals surface area (Å²) in [5.74, 6) is 0.300. The molecule has 1 aromatic heterocycles. The number of hydrogen-bond donors (Lipinski definition) is 2. The van der Waals surface area contributed by atoms with Crippen molar-refractivity contribution < 1.29 is 4.79 Å². The molecule has 1 amide bonds. The molecule has 0 aliphatic rings. The fourth-order valence-corrected chi connectivity index (χ4v) is 2.24. The van der Waals surface area contributed by atoms with Gasteiger partial charge in [0.2, 0.25) is 0 Å². The van der Waals surface area contributed by atoms with E-state index in [4.69, 9.17) is 0 Å². The molecule has 0 radical (unpaired) electrons. The standard InChI is InChI=1S/C16H15N5O/c1-11-9-13(12-5-3-2-4-6-12)7-8-14(11)16(22)17-10-15-18-20-21-19-15/h2-9H,10H2,1H3,(H,17,22)(H,18,19,20,21). The lowest BCUT2D eigenvalue weighted by atomic mass is 9.99. The van der Waals surface area contributed by atoms with Crippen LogP contribution in [0.25, 0.3) is 11.1 Å². The Morgan fingerprint density at radius 1 is 1.14 bits per heavy atom. The van der Waals surface area contributed by atoms with Crippen LogP contribution in [0.2, 0.25) is 0 Å². The number of aryl methyl sites for hydroxylation is 1. The highest BCUT2D eigenvalue weighted by atomic mass is 16.1. The minimum atomic E-state index is -0.151. The van der Waals surface area contributed by atoms with E-state index in [-0.39, 0.29) is 12.5 Å². The molecule has 0 bridgehead atoms. The lowest BCUT2D eigenvalue weighted by Gasteiger charge is -2.09. The second kappa shape index (κ2) is 6.17. The third kappa shape index (κ3) is 3.01. The van der Waals surface area contributed by atoms with Gasteiger partial charge in [-0.05, 0) is 29.7 Å². The van der Waals surface area contributed by atoms with Crippen molar-refractivity contribution in [1.82, 2.24) is 25.9 Å². The van der Waals surface area contributed by atoms with Crippen LogP contribution in [0, 0.1) is 6.92 Å². The summed E-state index contributed by atoms with van der Waals surface area (Å²) in [5, 5.41) is 16.2. The Balaban J connectivity index is 1.76. The van der Waals surface area contributed by atoms with Gasteiger partial charge in [-0.25, -0.2) is 0 Å². The Morgan fingerprint density at radius 3 is 2.64 bits per heavy atom. The monoisotopic (exact) mass is 293 g/mol. The summed E-state index contributed by atoms with van der Waals surface area (Å²) >= 11 is 0. The molecule has 6 nitrogen and oxygen atoms in total. The van der Waals surface area contributed by atoms with Crippen molar-refractivity contribution in [3.8, 4) is 11.1 Å². The van der Waals surface area contributed by atoms with Crippen LogP contribution < -0.4 is 5.32 Å². The second-order valence-corrected chi connectivity index (χ2v) is 4.91. The number of H-pyrrole nitrogens is 1. The normalized spacial score (nSPS) is 10.4. The number of aromatic amines is 1. The predicted molar refractivity (Wildman–Crippen MR) is 82.0 cm³/mol. The van der Waals surface area contributed by atoms with Crippen molar-refractivity contribution in [2.45, 2.75) is 13.5 Å². The smallest absolute Gasteiger partial charge is 0.251 e. The molecule has 1 heterocycles. The van der Waals surface area contributed by atoms with Crippen LogP contribution in [-0.2, 0) is 6.54 Å². The number of nitrogens with zero attached hydrogens (tertiary/aromatic N) is 3. The first-order chi connectivity index (χ1) is 10.7. The largest absolute Gasteiger partial charge is 0.345 e. The van der Waals surface area contributed by atoms with Crippen LogP contribution in [0.1, 0.15) is 21.7 Å². The summed E-state index contributed by atoms with van der Waals surface area (Å²) in [7, 11) is 0. The molecule has 0 saturated heterocycles. The third-order valence-corrected chi connectivity index (χ3v) is 3.37. The quantitative estimate of drug-likeness (QED) is 0.771. The summed E-state index contributed by atoms with van der Waals surface area (Å²) in [6.07, 6.45) is 0. The summed E-state index contributed by atoms with van der Waals surface area (Å²) in [6.45, 7) is 2.17. The minimum Gasteiger partial charge on any atom is -0.345 e. The maximum absolute atomic E-state index is 12.2. The van der Waals surface area contributed by atoms with Crippen molar-refractivity contribution >= 4 is 5.91 Å². The molecule has 0 aliphatic carbocycles. The molecule has 0 atom stereocenters. The van der Waals surface area contributed by atoms with Crippen molar-refractivity contribution in [2.75, 3.05) is 0 Å². The first-order valence-corrected chi connectivity index (χ1v) is 6.90. The highest BCUT2D eigenvalue weighted by Gasteiger charge is 2.10. The third-order valence-electron chi connectivity index (χ3n) is 3.37. The fraction of sp³-hybridized carbons (Fsp3) is 0.125. The van der Waals surface area contributed by atoms with Crippen molar-refractivity contribution in [2.24, 2.45) is 0 Å². The molecule has 110 valence electrons. The molecule has 6 heteroatoms. The van der Waals surface area contributed by atoms with Gasteiger partial charge in [0.1, 0.15) is 0 Å². The Kier molecular flexibility index (Phi) is 3.91. The van der Waals surface area contributed by atoms with Gasteiger partial charge < -0.3 is 5.32 Å². The van der Waals surface area contributed by atoms with Gasteiger partial charge in [-0.3, -0.25) is 4.79 Å². The minimum absolute atomic E-state index is 0.151. The van der Waals surface area contributed by atoms with E-state index in [9.17, 15) is 4.79 Å². The maximum atomic E-state index is 12.2. The van der Waals surface area contributed by atoms with Gasteiger partial charge in [0.25, 0.3) is 5.91 Å². The highest BCUT2D eigenvalue weighted by molar-refractivity contribution is 5.96. The van der Waals surface area contributed by atoms with Crippen molar-refractivity contribution in [1.29, 1.82) is 0 Å². The number of tetrazole rings is 1. The van der Waals surface area contributed by atoms with Gasteiger partial charge >= 0.3 is 0 Å². The van der Waals surface area contributed by atoms with E-state index in [1.807, 2.05) is 55.5 Å². The van der Waals surface area contributed by atoms with Gasteiger partial charge in [-0.2, -0.15) is 5.21 Å². The SMILES string of the molecule is Cc1cc(-c2ccccc2)ccc1C(=O)NCc1nn[nH]n1. The Bertz CT molecular complexity index is 768. The highest BCUT2D eigenvalue weighted by Crippen LogP contribution is 2.22. The lowest BCUT2D eigenvalue weighted by Crippen LogP contribution is -2.24. The van der Waals surface area contributed by atoms with Gasteiger partial charge in [0, 0.05) is 5.56 Å². The first-order valence-electron chi connectivity index (χ1n) is 6.90. The van der Waals surface area contributed by atoms with Crippen LogP contribution in [0.5, 0.6) is 0 Å². The van der Waals surface area contributed by atoms with Gasteiger partial charge in [-0.15, -0.1) is 10.2 Å². The van der Waals surface area contributed by atoms with Crippen LogP contribution in [0.15, 0.2) is 48.5 Å². The van der Waals surface area contributed by atoms with Crippen LogP contribution in [0.3, 0.4) is 0 Å². The molecule has 0 spiro atoms. The fourth-order valence-electron chi connectivity index (χ4n) is 2.24. The summed E-state index contributed by atoms with van der Waals surface area (Å²) in [4.78, 5) is 12.2. The van der Waals surface area contributed by atoms with E-state index in [2.05, 4.69) is 25.9 Å². The number of aromatic nitrogens is 4. The number of amides is 1. The van der Waals surface area contributed by atoms with Crippen molar-refractivity contribution in [3.05, 3.63) is 65.5 Å². The van der Waals surface area contributed by atoms with Gasteiger partial charge in [-0.1, -0.05) is 47.7 Å². The van der Waals surface area contributed by atoms with Crippen molar-refractivity contribution in [3.63, 3.8) is 0 Å². The molecule has 0 aliphatic heterocycles. The average Bonchev–Trinajstić information content (AvgIpc) is 3.07. The number of carbonyl (C=O) groups is 1. The Morgan fingerprint density at radius 2 is 1.95 bits per heavy atom. The molecule has 0 fully saturated rings. The molecule has 2 N–H and O–H groups in total. The number of hydrogen-bond acceptors (Lipinski definition) is 4. The summed E-state index contributed by atoms with van der Waals surface area (Å²) in [6, 6.07) is 15.9. The average molecular weight is 293 g/mol. The molecule has 2 aromatic carbocycles. The molecular weight excluding hydrogens is 278 g/mol. The molecule has 0 saturated carbocycles. The zero-order valence-corrected chi connectivity index (χ0v) is 12.1. The Labute approximate surface area is 127 Å². The van der Waals surface area contributed by atoms with E-state index in [1.165, 1.54) is 0 Å².